The minimum absolute atomic E-state index is 0.00315. The maximum Gasteiger partial charge on any atom is 0.250 e. The zero-order chi connectivity index (χ0) is 21.8. The number of para-hydroxylation sites is 2. The average Bonchev–Trinajstić information content (AvgIpc) is 2.75. The molecule has 0 aromatic heterocycles. The van der Waals surface area contributed by atoms with Crippen molar-refractivity contribution in [3.8, 4) is 5.75 Å². The van der Waals surface area contributed by atoms with E-state index < -0.39 is 11.8 Å². The van der Waals surface area contributed by atoms with Crippen LogP contribution in [-0.4, -0.2) is 29.9 Å². The van der Waals surface area contributed by atoms with Gasteiger partial charge in [0.2, 0.25) is 17.7 Å². The Bertz CT molecular complexity index is 932. The number of carbonyl (C=O) groups is 3. The van der Waals surface area contributed by atoms with Gasteiger partial charge in [-0.3, -0.25) is 30.6 Å². The van der Waals surface area contributed by atoms with E-state index in [1.807, 2.05) is 18.2 Å². The van der Waals surface area contributed by atoms with Crippen molar-refractivity contribution in [1.29, 1.82) is 0 Å². The molecule has 0 radical (unpaired) electrons. The van der Waals surface area contributed by atoms with Crippen molar-refractivity contribution < 1.29 is 19.1 Å². The van der Waals surface area contributed by atoms with Gasteiger partial charge in [-0.2, -0.15) is 0 Å². The van der Waals surface area contributed by atoms with Gasteiger partial charge < -0.3 is 10.1 Å². The number of anilines is 1. The summed E-state index contributed by atoms with van der Waals surface area (Å²) in [6, 6.07) is 16.2. The molecule has 30 heavy (non-hydrogen) atoms. The van der Waals surface area contributed by atoms with E-state index in [1.54, 1.807) is 49.6 Å². The predicted molar refractivity (Wildman–Crippen MR) is 118 cm³/mol. The molecule has 4 N–H and O–H groups in total. The Hall–Kier alpha value is -3.72. The summed E-state index contributed by atoms with van der Waals surface area (Å²) in [7, 11) is 1.54. The summed E-state index contributed by atoms with van der Waals surface area (Å²) in [5.41, 5.74) is 6.14. The molecule has 8 nitrogen and oxygen atoms in total. The van der Waals surface area contributed by atoms with Gasteiger partial charge in [-0.15, -0.1) is 0 Å². The van der Waals surface area contributed by atoms with Crippen LogP contribution in [0.25, 0.3) is 6.08 Å². The molecule has 0 bridgehead atoms. The number of thiocarbonyl (C=S) groups is 1. The van der Waals surface area contributed by atoms with Crippen LogP contribution in [0.3, 0.4) is 0 Å². The summed E-state index contributed by atoms with van der Waals surface area (Å²) in [6.45, 7) is 0. The largest absolute Gasteiger partial charge is 0.496 e. The molecular formula is C21H22N4O4S. The maximum absolute atomic E-state index is 11.9. The second-order valence-electron chi connectivity index (χ2n) is 5.98. The molecule has 0 fully saturated rings. The van der Waals surface area contributed by atoms with Gasteiger partial charge in [0.15, 0.2) is 5.11 Å². The normalized spacial score (nSPS) is 10.2. The van der Waals surface area contributed by atoms with E-state index in [-0.39, 0.29) is 23.9 Å². The first-order valence-electron chi connectivity index (χ1n) is 9.03. The van der Waals surface area contributed by atoms with E-state index in [2.05, 4.69) is 21.5 Å². The highest BCUT2D eigenvalue weighted by molar-refractivity contribution is 7.80. The highest BCUT2D eigenvalue weighted by Gasteiger charge is 2.08. The SMILES string of the molecule is COc1ccccc1C=CC(=O)NC(=S)NNC(=O)CCC(=O)Nc1ccccc1. The van der Waals surface area contributed by atoms with E-state index in [1.165, 1.54) is 6.08 Å². The zero-order valence-corrected chi connectivity index (χ0v) is 17.1. The second-order valence-corrected chi connectivity index (χ2v) is 6.39. The number of rotatable bonds is 7. The summed E-state index contributed by atoms with van der Waals surface area (Å²) in [4.78, 5) is 35.6. The third-order valence-electron chi connectivity index (χ3n) is 3.74. The summed E-state index contributed by atoms with van der Waals surface area (Å²) in [5.74, 6) is -0.575. The lowest BCUT2D eigenvalue weighted by Gasteiger charge is -2.10. The van der Waals surface area contributed by atoms with Gasteiger partial charge in [-0.1, -0.05) is 36.4 Å². The number of carbonyl (C=O) groups excluding carboxylic acids is 3. The van der Waals surface area contributed by atoms with Gasteiger partial charge in [0.1, 0.15) is 5.75 Å². The van der Waals surface area contributed by atoms with Gasteiger partial charge in [0.05, 0.1) is 7.11 Å². The Morgan fingerprint density at radius 2 is 1.60 bits per heavy atom. The Morgan fingerprint density at radius 3 is 2.33 bits per heavy atom. The topological polar surface area (TPSA) is 109 Å². The number of hydrazine groups is 1. The lowest BCUT2D eigenvalue weighted by Crippen LogP contribution is -2.48. The lowest BCUT2D eigenvalue weighted by molar-refractivity contribution is -0.124. The Labute approximate surface area is 179 Å². The van der Waals surface area contributed by atoms with E-state index >= 15 is 0 Å². The van der Waals surface area contributed by atoms with Crippen LogP contribution in [-0.2, 0) is 14.4 Å². The minimum atomic E-state index is -0.477. The lowest BCUT2D eigenvalue weighted by atomic mass is 10.2. The van der Waals surface area contributed by atoms with Crippen molar-refractivity contribution in [1.82, 2.24) is 16.2 Å². The van der Waals surface area contributed by atoms with E-state index in [9.17, 15) is 14.4 Å². The van der Waals surface area contributed by atoms with Crippen molar-refractivity contribution in [2.75, 3.05) is 12.4 Å². The second kappa shape index (κ2) is 12.0. The van der Waals surface area contributed by atoms with Crippen LogP contribution >= 0.6 is 12.2 Å². The first kappa shape index (κ1) is 22.6. The number of ether oxygens (including phenoxy) is 1. The number of hydrogen-bond donors (Lipinski definition) is 4. The van der Waals surface area contributed by atoms with Gasteiger partial charge >= 0.3 is 0 Å². The smallest absolute Gasteiger partial charge is 0.250 e. The predicted octanol–water partition coefficient (Wildman–Crippen LogP) is 2.15. The highest BCUT2D eigenvalue weighted by atomic mass is 32.1. The van der Waals surface area contributed by atoms with Crippen LogP contribution < -0.4 is 26.2 Å². The van der Waals surface area contributed by atoms with Gasteiger partial charge in [-0.05, 0) is 36.5 Å². The average molecular weight is 426 g/mol. The molecule has 0 heterocycles. The van der Waals surface area contributed by atoms with Gasteiger partial charge in [0, 0.05) is 30.2 Å². The molecule has 2 aromatic rings. The molecule has 2 rings (SSSR count). The van der Waals surface area contributed by atoms with Crippen LogP contribution in [0.15, 0.2) is 60.7 Å². The fraction of sp³-hybridized carbons (Fsp3) is 0.143. The summed E-state index contributed by atoms with van der Waals surface area (Å²) in [5, 5.41) is 5.01. The zero-order valence-electron chi connectivity index (χ0n) is 16.3. The van der Waals surface area contributed by atoms with Crippen molar-refractivity contribution in [3.63, 3.8) is 0 Å². The molecule has 0 aliphatic carbocycles. The molecule has 0 saturated carbocycles. The fourth-order valence-corrected chi connectivity index (χ4v) is 2.47. The van der Waals surface area contributed by atoms with E-state index in [0.29, 0.717) is 11.4 Å². The number of nitrogens with one attached hydrogen (secondary N) is 4. The van der Waals surface area contributed by atoms with Gasteiger partial charge in [-0.25, -0.2) is 0 Å². The van der Waals surface area contributed by atoms with Crippen LogP contribution in [0, 0.1) is 0 Å². The standard InChI is InChI=1S/C21H22N4O4S/c1-29-17-10-6-5-7-15(17)11-12-19(27)23-21(30)25-24-20(28)14-13-18(26)22-16-8-3-2-4-9-16/h2-12H,13-14H2,1H3,(H,22,26)(H,24,28)(H2,23,25,27,30). The molecule has 156 valence electrons. The molecule has 3 amide bonds. The van der Waals surface area contributed by atoms with E-state index in [0.717, 1.165) is 5.56 Å². The van der Waals surface area contributed by atoms with Crippen LogP contribution in [0.2, 0.25) is 0 Å². The third-order valence-corrected chi connectivity index (χ3v) is 3.95. The van der Waals surface area contributed by atoms with Crippen molar-refractivity contribution in [2.45, 2.75) is 12.8 Å². The molecule has 0 aliphatic heterocycles. The molecule has 0 saturated heterocycles. The van der Waals surface area contributed by atoms with Crippen LogP contribution in [0.1, 0.15) is 18.4 Å². The monoisotopic (exact) mass is 426 g/mol. The number of methoxy groups -OCH3 is 1. The van der Waals surface area contributed by atoms with E-state index in [4.69, 9.17) is 17.0 Å². The maximum atomic E-state index is 11.9. The van der Waals surface area contributed by atoms with Crippen LogP contribution in [0.4, 0.5) is 5.69 Å². The van der Waals surface area contributed by atoms with Crippen molar-refractivity contribution in [3.05, 3.63) is 66.2 Å². The minimum Gasteiger partial charge on any atom is -0.496 e. The first-order chi connectivity index (χ1) is 14.5. The highest BCUT2D eigenvalue weighted by Crippen LogP contribution is 2.18. The summed E-state index contributed by atoms with van der Waals surface area (Å²) in [6.07, 6.45) is 2.83. The molecule has 9 heteroatoms. The molecular weight excluding hydrogens is 404 g/mol. The number of benzene rings is 2. The van der Waals surface area contributed by atoms with Crippen molar-refractivity contribution in [2.24, 2.45) is 0 Å². The Kier molecular flexibility index (Phi) is 9.01. The van der Waals surface area contributed by atoms with Gasteiger partial charge in [0.25, 0.3) is 0 Å². The molecule has 0 atom stereocenters. The molecule has 0 spiro atoms. The van der Waals surface area contributed by atoms with Crippen molar-refractivity contribution >= 4 is 46.8 Å². The number of hydrogen-bond acceptors (Lipinski definition) is 5. The summed E-state index contributed by atoms with van der Waals surface area (Å²) < 4.78 is 5.20. The molecule has 0 unspecified atom stereocenters. The quantitative estimate of drug-likeness (QED) is 0.307. The fourth-order valence-electron chi connectivity index (χ4n) is 2.32. The first-order valence-corrected chi connectivity index (χ1v) is 9.44. The molecule has 2 aromatic carbocycles. The Balaban J connectivity index is 1.68. The van der Waals surface area contributed by atoms with Crippen LogP contribution in [0.5, 0.6) is 5.75 Å². The molecule has 0 aliphatic rings. The Morgan fingerprint density at radius 1 is 0.933 bits per heavy atom. The summed E-state index contributed by atoms with van der Waals surface area (Å²) >= 11 is 4.95. The number of amides is 3. The third kappa shape index (κ3) is 8.11.